The molecule has 112 valence electrons. The number of halogens is 1. The molecule has 1 aromatic carbocycles. The molecule has 0 fully saturated rings. The quantitative estimate of drug-likeness (QED) is 0.747. The lowest BCUT2D eigenvalue weighted by Crippen LogP contribution is -2.38. The predicted molar refractivity (Wildman–Crippen MR) is 78.0 cm³/mol. The van der Waals surface area contributed by atoms with E-state index in [4.69, 9.17) is 25.8 Å². The minimum absolute atomic E-state index is 0.138. The van der Waals surface area contributed by atoms with Crippen LogP contribution >= 0.6 is 11.6 Å². The van der Waals surface area contributed by atoms with Crippen LogP contribution in [0, 0.1) is 0 Å². The van der Waals surface area contributed by atoms with Crippen LogP contribution in [-0.4, -0.2) is 45.8 Å². The first-order valence-corrected chi connectivity index (χ1v) is 6.77. The third kappa shape index (κ3) is 4.58. The van der Waals surface area contributed by atoms with Crippen LogP contribution in [0.3, 0.4) is 0 Å². The van der Waals surface area contributed by atoms with Gasteiger partial charge in [-0.3, -0.25) is 4.79 Å². The average molecular weight is 302 g/mol. The molecule has 0 saturated carbocycles. The van der Waals surface area contributed by atoms with Crippen molar-refractivity contribution >= 4 is 17.5 Å². The fourth-order valence-corrected chi connectivity index (χ4v) is 2.05. The molecular weight excluding hydrogens is 282 g/mol. The number of rotatable bonds is 8. The van der Waals surface area contributed by atoms with Crippen molar-refractivity contribution in [3.05, 3.63) is 23.8 Å². The van der Waals surface area contributed by atoms with Crippen LogP contribution in [0.5, 0.6) is 11.5 Å². The van der Waals surface area contributed by atoms with Crippen molar-refractivity contribution in [3.8, 4) is 11.5 Å². The van der Waals surface area contributed by atoms with E-state index in [-0.39, 0.29) is 11.9 Å². The molecule has 0 heterocycles. The summed E-state index contributed by atoms with van der Waals surface area (Å²) < 4.78 is 15.4. The van der Waals surface area contributed by atoms with E-state index in [0.717, 1.165) is 0 Å². The Kier molecular flexibility index (Phi) is 7.18. The van der Waals surface area contributed by atoms with Crippen LogP contribution in [0.4, 0.5) is 0 Å². The third-order valence-corrected chi connectivity index (χ3v) is 3.03. The van der Waals surface area contributed by atoms with E-state index in [0.29, 0.717) is 36.0 Å². The largest absolute Gasteiger partial charge is 0.497 e. The highest BCUT2D eigenvalue weighted by Crippen LogP contribution is 2.24. The first kappa shape index (κ1) is 16.6. The Balaban J connectivity index is 2.88. The van der Waals surface area contributed by atoms with Crippen molar-refractivity contribution in [2.75, 3.05) is 33.8 Å². The molecule has 0 spiro atoms. The molecule has 20 heavy (non-hydrogen) atoms. The van der Waals surface area contributed by atoms with Gasteiger partial charge in [0.2, 0.25) is 0 Å². The molecule has 1 aromatic rings. The Morgan fingerprint density at radius 1 is 1.30 bits per heavy atom. The van der Waals surface area contributed by atoms with Crippen LogP contribution in [0.2, 0.25) is 0 Å². The third-order valence-electron chi connectivity index (χ3n) is 2.81. The number of benzene rings is 1. The van der Waals surface area contributed by atoms with Crippen LogP contribution in [0.15, 0.2) is 18.2 Å². The summed E-state index contributed by atoms with van der Waals surface area (Å²) in [5.74, 6) is 1.29. The van der Waals surface area contributed by atoms with E-state index in [1.54, 1.807) is 32.4 Å². The second kappa shape index (κ2) is 8.66. The van der Waals surface area contributed by atoms with Gasteiger partial charge in [-0.05, 0) is 24.6 Å². The Labute approximate surface area is 124 Å². The number of carbonyl (C=O) groups is 1. The monoisotopic (exact) mass is 301 g/mol. The van der Waals surface area contributed by atoms with E-state index in [2.05, 4.69) is 5.32 Å². The summed E-state index contributed by atoms with van der Waals surface area (Å²) in [6, 6.07) is 4.93. The molecule has 0 aliphatic heterocycles. The van der Waals surface area contributed by atoms with Crippen LogP contribution < -0.4 is 14.8 Å². The fraction of sp³-hybridized carbons (Fsp3) is 0.500. The average Bonchev–Trinajstić information content (AvgIpc) is 2.47. The van der Waals surface area contributed by atoms with Gasteiger partial charge in [-0.25, -0.2) is 0 Å². The summed E-state index contributed by atoms with van der Waals surface area (Å²) in [5.41, 5.74) is 0.419. The molecule has 1 amide bonds. The van der Waals surface area contributed by atoms with Gasteiger partial charge in [0.25, 0.3) is 5.91 Å². The number of hydrogen-bond donors (Lipinski definition) is 1. The number of nitrogens with one attached hydrogen (secondary N) is 1. The zero-order valence-corrected chi connectivity index (χ0v) is 12.7. The molecule has 0 aliphatic carbocycles. The Hall–Kier alpha value is -1.46. The van der Waals surface area contributed by atoms with E-state index < -0.39 is 0 Å². The highest BCUT2D eigenvalue weighted by Gasteiger charge is 2.17. The summed E-state index contributed by atoms with van der Waals surface area (Å²) in [6.45, 7) is 0.407. The lowest BCUT2D eigenvalue weighted by atomic mass is 10.1. The van der Waals surface area contributed by atoms with Gasteiger partial charge in [-0.1, -0.05) is 0 Å². The van der Waals surface area contributed by atoms with Gasteiger partial charge < -0.3 is 19.5 Å². The topological polar surface area (TPSA) is 56.8 Å². The number of carbonyl (C=O) groups excluding carboxylic acids is 1. The minimum atomic E-state index is -0.243. The molecule has 6 heteroatoms. The van der Waals surface area contributed by atoms with E-state index >= 15 is 0 Å². The highest BCUT2D eigenvalue weighted by molar-refractivity contribution is 6.17. The molecule has 0 aromatic heterocycles. The molecule has 1 N–H and O–H groups in total. The van der Waals surface area contributed by atoms with Gasteiger partial charge in [-0.15, -0.1) is 11.6 Å². The van der Waals surface area contributed by atoms with Gasteiger partial charge >= 0.3 is 0 Å². The summed E-state index contributed by atoms with van der Waals surface area (Å²) in [4.78, 5) is 12.3. The molecule has 1 atom stereocenters. The summed E-state index contributed by atoms with van der Waals surface area (Å²) >= 11 is 5.72. The molecule has 1 unspecified atom stereocenters. The van der Waals surface area contributed by atoms with Crippen molar-refractivity contribution in [2.45, 2.75) is 12.5 Å². The maximum absolute atomic E-state index is 12.3. The van der Waals surface area contributed by atoms with Crippen molar-refractivity contribution in [1.29, 1.82) is 0 Å². The maximum Gasteiger partial charge on any atom is 0.255 e. The molecule has 0 radical (unpaired) electrons. The molecule has 0 aliphatic rings. The number of alkyl halides is 1. The molecule has 1 rings (SSSR count). The Bertz CT molecular complexity index is 433. The molecule has 0 bridgehead atoms. The van der Waals surface area contributed by atoms with Crippen LogP contribution in [-0.2, 0) is 4.74 Å². The minimum Gasteiger partial charge on any atom is -0.497 e. The van der Waals surface area contributed by atoms with E-state index in [9.17, 15) is 4.79 Å². The maximum atomic E-state index is 12.3. The normalized spacial score (nSPS) is 11.8. The number of ether oxygens (including phenoxy) is 3. The SMILES string of the molecule is COCC(CCCl)NC(=O)c1cc(OC)ccc1OC. The van der Waals surface area contributed by atoms with E-state index in [1.807, 2.05) is 0 Å². The van der Waals surface area contributed by atoms with E-state index in [1.165, 1.54) is 7.11 Å². The fourth-order valence-electron chi connectivity index (χ4n) is 1.78. The molecular formula is C14H20ClNO4. The van der Waals surface area contributed by atoms with Crippen molar-refractivity contribution < 1.29 is 19.0 Å². The number of methoxy groups -OCH3 is 3. The zero-order chi connectivity index (χ0) is 15.0. The summed E-state index contributed by atoms with van der Waals surface area (Å²) in [5, 5.41) is 2.88. The summed E-state index contributed by atoms with van der Waals surface area (Å²) in [7, 11) is 4.65. The van der Waals surface area contributed by atoms with Crippen molar-refractivity contribution in [2.24, 2.45) is 0 Å². The van der Waals surface area contributed by atoms with Crippen LogP contribution in [0.25, 0.3) is 0 Å². The van der Waals surface area contributed by atoms with Gasteiger partial charge in [0.15, 0.2) is 0 Å². The Morgan fingerprint density at radius 3 is 2.60 bits per heavy atom. The van der Waals surface area contributed by atoms with Gasteiger partial charge in [0.1, 0.15) is 11.5 Å². The van der Waals surface area contributed by atoms with Crippen LogP contribution in [0.1, 0.15) is 16.8 Å². The van der Waals surface area contributed by atoms with Crippen molar-refractivity contribution in [1.82, 2.24) is 5.32 Å². The first-order chi connectivity index (χ1) is 9.65. The van der Waals surface area contributed by atoms with Gasteiger partial charge in [-0.2, -0.15) is 0 Å². The number of amides is 1. The second-order valence-corrected chi connectivity index (χ2v) is 4.55. The highest BCUT2D eigenvalue weighted by atomic mass is 35.5. The second-order valence-electron chi connectivity index (χ2n) is 4.17. The van der Waals surface area contributed by atoms with Crippen molar-refractivity contribution in [3.63, 3.8) is 0 Å². The molecule has 0 saturated heterocycles. The van der Waals surface area contributed by atoms with Gasteiger partial charge in [0, 0.05) is 13.0 Å². The smallest absolute Gasteiger partial charge is 0.255 e. The number of hydrogen-bond acceptors (Lipinski definition) is 4. The Morgan fingerprint density at radius 2 is 2.05 bits per heavy atom. The summed E-state index contributed by atoms with van der Waals surface area (Å²) in [6.07, 6.45) is 0.632. The lowest BCUT2D eigenvalue weighted by Gasteiger charge is -2.18. The zero-order valence-electron chi connectivity index (χ0n) is 11.9. The first-order valence-electron chi connectivity index (χ1n) is 6.24. The standard InChI is InChI=1S/C14H20ClNO4/c1-18-9-10(6-7-15)16-14(17)12-8-11(19-2)4-5-13(12)20-3/h4-5,8,10H,6-7,9H2,1-3H3,(H,16,17). The lowest BCUT2D eigenvalue weighted by molar-refractivity contribution is 0.0892. The predicted octanol–water partition coefficient (Wildman–Crippen LogP) is 2.08. The van der Waals surface area contributed by atoms with Gasteiger partial charge in [0.05, 0.1) is 32.4 Å². The molecule has 5 nitrogen and oxygen atoms in total.